The second-order valence-electron chi connectivity index (χ2n) is 13.8. The van der Waals surface area contributed by atoms with Crippen molar-refractivity contribution in [3.8, 4) is 57.0 Å². The molecule has 55 heavy (non-hydrogen) atoms. The van der Waals surface area contributed by atoms with E-state index >= 15 is 0 Å². The third kappa shape index (κ3) is 9.25. The topological polar surface area (TPSA) is 87.6 Å². The van der Waals surface area contributed by atoms with Crippen LogP contribution in [-0.4, -0.2) is 76.7 Å². The zero-order valence-electron chi connectivity index (χ0n) is 33.3. The minimum absolute atomic E-state index is 0.389. The summed E-state index contributed by atoms with van der Waals surface area (Å²) in [7, 11) is 9.73. The molecule has 0 atom stereocenters. The molecule has 0 unspecified atom stereocenters. The normalized spacial score (nSPS) is 13.3. The van der Waals surface area contributed by atoms with Gasteiger partial charge in [-0.2, -0.15) is 0 Å². The highest BCUT2D eigenvalue weighted by Gasteiger charge is 2.26. The third-order valence-corrected chi connectivity index (χ3v) is 10.4. The summed E-state index contributed by atoms with van der Waals surface area (Å²) >= 11 is 0. The Morgan fingerprint density at radius 1 is 0.618 bits per heavy atom. The van der Waals surface area contributed by atoms with Crippen molar-refractivity contribution < 1.29 is 28.4 Å². The number of aryl methyl sites for hydroxylation is 1. The molecule has 1 aliphatic rings. The van der Waals surface area contributed by atoms with Gasteiger partial charge in [-0.3, -0.25) is 14.9 Å². The first-order chi connectivity index (χ1) is 26.9. The van der Waals surface area contributed by atoms with E-state index in [0.717, 1.165) is 73.5 Å². The molecule has 6 rings (SSSR count). The van der Waals surface area contributed by atoms with E-state index in [2.05, 4.69) is 70.2 Å². The zero-order chi connectivity index (χ0) is 38.7. The molecule has 1 aliphatic heterocycles. The van der Waals surface area contributed by atoms with Gasteiger partial charge in [0.2, 0.25) is 11.5 Å². The minimum atomic E-state index is 0.389. The van der Waals surface area contributed by atoms with Gasteiger partial charge in [0.15, 0.2) is 23.0 Å². The number of ether oxygens (including phenoxy) is 6. The van der Waals surface area contributed by atoms with Crippen LogP contribution in [0.5, 0.6) is 34.5 Å². The Morgan fingerprint density at radius 2 is 1.18 bits per heavy atom. The molecule has 0 saturated carbocycles. The van der Waals surface area contributed by atoms with E-state index in [1.54, 1.807) is 42.7 Å². The fourth-order valence-corrected chi connectivity index (χ4v) is 7.39. The molecule has 0 amide bonds. The monoisotopic (exact) mass is 746 g/mol. The standard InChI is InChI=1S/C45H54N4O6/c1-8-9-10-31-11-14-36(15-12-31)49(30-33-13-16-38(47-28-33)34-24-40(50-2)44(54-6)41(25-34)51-3)37-18-21-48(22-19-37)29-32-17-20-46-39(23-32)35-26-42(52-4)45(55-7)43(27-35)53-5/h11-17,20,23-28,37H,8-10,18-19,21-22,29-30H2,1-7H3. The van der Waals surface area contributed by atoms with Gasteiger partial charge in [-0.25, -0.2) is 0 Å². The second kappa shape index (κ2) is 18.7. The molecular weight excluding hydrogens is 693 g/mol. The molecule has 0 aliphatic carbocycles. The predicted octanol–water partition coefficient (Wildman–Crippen LogP) is 8.88. The van der Waals surface area contributed by atoms with Crippen molar-refractivity contribution in [2.45, 2.75) is 58.2 Å². The van der Waals surface area contributed by atoms with E-state index in [0.29, 0.717) is 40.5 Å². The Kier molecular flexibility index (Phi) is 13.3. The van der Waals surface area contributed by atoms with Crippen molar-refractivity contribution in [2.75, 3.05) is 60.6 Å². The first-order valence-corrected chi connectivity index (χ1v) is 19.0. The zero-order valence-corrected chi connectivity index (χ0v) is 33.3. The smallest absolute Gasteiger partial charge is 0.203 e. The van der Waals surface area contributed by atoms with Crippen LogP contribution in [0.2, 0.25) is 0 Å². The van der Waals surface area contributed by atoms with Crippen molar-refractivity contribution in [1.29, 1.82) is 0 Å². The molecule has 0 spiro atoms. The molecule has 290 valence electrons. The summed E-state index contributed by atoms with van der Waals surface area (Å²) in [4.78, 5) is 14.7. The molecule has 0 radical (unpaired) electrons. The second-order valence-corrected chi connectivity index (χ2v) is 13.8. The number of piperidine rings is 1. The highest BCUT2D eigenvalue weighted by molar-refractivity contribution is 5.70. The van der Waals surface area contributed by atoms with Gasteiger partial charge in [0.1, 0.15) is 0 Å². The maximum atomic E-state index is 5.60. The summed E-state index contributed by atoms with van der Waals surface area (Å²) < 4.78 is 33.4. The minimum Gasteiger partial charge on any atom is -0.493 e. The van der Waals surface area contributed by atoms with Gasteiger partial charge in [-0.15, -0.1) is 0 Å². The quantitative estimate of drug-likeness (QED) is 0.0920. The number of rotatable bonds is 17. The van der Waals surface area contributed by atoms with Crippen LogP contribution in [-0.2, 0) is 19.5 Å². The Morgan fingerprint density at radius 3 is 1.69 bits per heavy atom. The van der Waals surface area contributed by atoms with Crippen LogP contribution in [0.25, 0.3) is 22.5 Å². The first kappa shape index (κ1) is 39.2. The lowest BCUT2D eigenvalue weighted by Crippen LogP contribution is -2.44. The summed E-state index contributed by atoms with van der Waals surface area (Å²) in [6.45, 7) is 5.85. The summed E-state index contributed by atoms with van der Waals surface area (Å²) in [5.74, 6) is 3.55. The Hall–Kier alpha value is -5.48. The van der Waals surface area contributed by atoms with Crippen LogP contribution in [0.1, 0.15) is 49.3 Å². The number of unbranched alkanes of at least 4 members (excludes halogenated alkanes) is 1. The molecule has 0 bridgehead atoms. The number of aromatic nitrogens is 2. The summed E-state index contributed by atoms with van der Waals surface area (Å²) in [6, 6.07) is 25.9. The molecule has 2 aromatic heterocycles. The number of anilines is 1. The predicted molar refractivity (Wildman–Crippen MR) is 218 cm³/mol. The number of nitrogens with zero attached hydrogens (tertiary/aromatic N) is 4. The number of hydrogen-bond acceptors (Lipinski definition) is 10. The Balaban J connectivity index is 1.18. The van der Waals surface area contributed by atoms with Crippen LogP contribution in [0.3, 0.4) is 0 Å². The van der Waals surface area contributed by atoms with E-state index in [9.17, 15) is 0 Å². The lowest BCUT2D eigenvalue weighted by molar-refractivity contribution is 0.201. The molecule has 5 aromatic rings. The van der Waals surface area contributed by atoms with Crippen molar-refractivity contribution in [3.05, 3.63) is 102 Å². The Bertz CT molecular complexity index is 1940. The first-order valence-electron chi connectivity index (χ1n) is 19.0. The van der Waals surface area contributed by atoms with E-state index < -0.39 is 0 Å². The van der Waals surface area contributed by atoms with Crippen molar-refractivity contribution in [3.63, 3.8) is 0 Å². The molecule has 10 heteroatoms. The number of benzene rings is 3. The van der Waals surface area contributed by atoms with Gasteiger partial charge < -0.3 is 33.3 Å². The van der Waals surface area contributed by atoms with Crippen LogP contribution in [0.4, 0.5) is 5.69 Å². The highest BCUT2D eigenvalue weighted by atomic mass is 16.5. The van der Waals surface area contributed by atoms with Crippen LogP contribution in [0.15, 0.2) is 85.2 Å². The maximum absolute atomic E-state index is 5.60. The fraction of sp³-hybridized carbons (Fsp3) is 0.378. The highest BCUT2D eigenvalue weighted by Crippen LogP contribution is 2.42. The molecule has 3 heterocycles. The Labute approximate surface area is 325 Å². The van der Waals surface area contributed by atoms with Crippen LogP contribution < -0.4 is 33.3 Å². The van der Waals surface area contributed by atoms with Crippen LogP contribution >= 0.6 is 0 Å². The third-order valence-electron chi connectivity index (χ3n) is 10.4. The summed E-state index contributed by atoms with van der Waals surface area (Å²) in [5.41, 5.74) is 8.53. The number of hydrogen-bond donors (Lipinski definition) is 0. The maximum Gasteiger partial charge on any atom is 0.203 e. The van der Waals surface area contributed by atoms with E-state index in [1.807, 2.05) is 36.7 Å². The lowest BCUT2D eigenvalue weighted by atomic mass is 9.99. The molecule has 0 N–H and O–H groups in total. The van der Waals surface area contributed by atoms with Crippen molar-refractivity contribution >= 4 is 5.69 Å². The largest absolute Gasteiger partial charge is 0.493 e. The van der Waals surface area contributed by atoms with Gasteiger partial charge in [0.05, 0.1) is 54.0 Å². The van der Waals surface area contributed by atoms with E-state index in [1.165, 1.54) is 29.7 Å². The van der Waals surface area contributed by atoms with Gasteiger partial charge >= 0.3 is 0 Å². The number of methoxy groups -OCH3 is 6. The number of pyridine rings is 2. The van der Waals surface area contributed by atoms with E-state index in [-0.39, 0.29) is 0 Å². The molecule has 10 nitrogen and oxygen atoms in total. The van der Waals surface area contributed by atoms with E-state index in [4.69, 9.17) is 33.4 Å². The van der Waals surface area contributed by atoms with Gasteiger partial charge in [-0.1, -0.05) is 31.5 Å². The van der Waals surface area contributed by atoms with Crippen LogP contribution in [0, 0.1) is 0 Å². The summed E-state index contributed by atoms with van der Waals surface area (Å²) in [6.07, 6.45) is 9.49. The average molecular weight is 747 g/mol. The molecular formula is C45H54N4O6. The SMILES string of the molecule is CCCCc1ccc(N(Cc2ccc(-c3cc(OC)c(OC)c(OC)c3)nc2)C2CCN(Cc3ccnc(-c4cc(OC)c(OC)c(OC)c4)c3)CC2)cc1. The molecule has 1 fully saturated rings. The summed E-state index contributed by atoms with van der Waals surface area (Å²) in [5, 5.41) is 0. The van der Waals surface area contributed by atoms with Gasteiger partial charge in [-0.05, 0) is 97.0 Å². The van der Waals surface area contributed by atoms with Gasteiger partial charge in [0.25, 0.3) is 0 Å². The van der Waals surface area contributed by atoms with Crippen molar-refractivity contribution in [1.82, 2.24) is 14.9 Å². The lowest BCUT2D eigenvalue weighted by Gasteiger charge is -2.40. The van der Waals surface area contributed by atoms with Gasteiger partial charge in [0, 0.05) is 61.4 Å². The molecule has 3 aromatic carbocycles. The fourth-order valence-electron chi connectivity index (χ4n) is 7.39. The van der Waals surface area contributed by atoms with Crippen molar-refractivity contribution in [2.24, 2.45) is 0 Å². The average Bonchev–Trinajstić information content (AvgIpc) is 3.24. The molecule has 1 saturated heterocycles. The number of likely N-dealkylation sites (tertiary alicyclic amines) is 1.